The van der Waals surface area contributed by atoms with E-state index in [0.717, 1.165) is 17.8 Å². The third kappa shape index (κ3) is 1.73. The van der Waals surface area contributed by atoms with Crippen LogP contribution in [0.4, 0.5) is 8.78 Å². The Balaban J connectivity index is 2.94. The van der Waals surface area contributed by atoms with Crippen LogP contribution in [0.25, 0.3) is 10.9 Å². The van der Waals surface area contributed by atoms with Gasteiger partial charge in [0.05, 0.1) is 4.47 Å². The van der Waals surface area contributed by atoms with E-state index in [2.05, 4.69) is 25.9 Å². The van der Waals surface area contributed by atoms with E-state index in [4.69, 9.17) is 0 Å². The maximum Gasteiger partial charge on any atom is 0.226 e. The summed E-state index contributed by atoms with van der Waals surface area (Å²) in [5, 5.41) is 9.37. The van der Waals surface area contributed by atoms with Gasteiger partial charge in [-0.25, -0.2) is 13.8 Å². The molecule has 0 aliphatic carbocycles. The molecule has 1 aromatic heterocycles. The van der Waals surface area contributed by atoms with Crippen molar-refractivity contribution < 1.29 is 13.9 Å². The Morgan fingerprint density at radius 2 is 2.06 bits per heavy atom. The minimum Gasteiger partial charge on any atom is -0.493 e. The van der Waals surface area contributed by atoms with Gasteiger partial charge in [0.2, 0.25) is 5.88 Å². The molecule has 2 aromatic rings. The molecular weight excluding hydrogens is 302 g/mol. The summed E-state index contributed by atoms with van der Waals surface area (Å²) in [7, 11) is 0. The van der Waals surface area contributed by atoms with E-state index in [0.29, 0.717) is 0 Å². The van der Waals surface area contributed by atoms with Crippen LogP contribution < -0.4 is 0 Å². The van der Waals surface area contributed by atoms with Crippen molar-refractivity contribution in [1.82, 2.24) is 9.97 Å². The Kier molecular flexibility index (Phi) is 2.98. The third-order valence-electron chi connectivity index (χ3n) is 1.96. The smallest absolute Gasteiger partial charge is 0.226 e. The summed E-state index contributed by atoms with van der Waals surface area (Å²) >= 11 is 4.01. The summed E-state index contributed by atoms with van der Waals surface area (Å²) in [6.07, 6.45) is 1.67. The lowest BCUT2D eigenvalue weighted by molar-refractivity contribution is 0.449. The fourth-order valence-corrected chi connectivity index (χ4v) is 2.01. The summed E-state index contributed by atoms with van der Waals surface area (Å²) in [5.74, 6) is -2.05. The first-order valence-electron chi connectivity index (χ1n) is 4.12. The molecular formula is C9H5BrF2N2OS. The second-order valence-electron chi connectivity index (χ2n) is 2.91. The molecule has 1 aromatic carbocycles. The van der Waals surface area contributed by atoms with Gasteiger partial charge in [0.1, 0.15) is 16.7 Å². The SMILES string of the molecule is CSc1nc(O)c2c(F)cc(Br)c(F)c2n1. The lowest BCUT2D eigenvalue weighted by atomic mass is 10.2. The molecule has 0 saturated heterocycles. The maximum absolute atomic E-state index is 13.7. The fourth-order valence-electron chi connectivity index (χ4n) is 1.26. The fraction of sp³-hybridized carbons (Fsp3) is 0.111. The second-order valence-corrected chi connectivity index (χ2v) is 4.54. The molecule has 0 aliphatic rings. The van der Waals surface area contributed by atoms with Crippen LogP contribution in [0.15, 0.2) is 15.7 Å². The molecule has 16 heavy (non-hydrogen) atoms. The van der Waals surface area contributed by atoms with Gasteiger partial charge in [-0.3, -0.25) is 0 Å². The number of benzene rings is 1. The first kappa shape index (κ1) is 11.5. The van der Waals surface area contributed by atoms with Gasteiger partial charge in [0, 0.05) is 0 Å². The summed E-state index contributed by atoms with van der Waals surface area (Å²) in [4.78, 5) is 7.46. The van der Waals surface area contributed by atoms with Crippen LogP contribution in [-0.4, -0.2) is 21.3 Å². The van der Waals surface area contributed by atoms with Gasteiger partial charge in [-0.2, -0.15) is 4.98 Å². The number of halogens is 3. The quantitative estimate of drug-likeness (QED) is 0.499. The van der Waals surface area contributed by atoms with Gasteiger partial charge >= 0.3 is 0 Å². The van der Waals surface area contributed by atoms with Crippen LogP contribution in [-0.2, 0) is 0 Å². The molecule has 0 atom stereocenters. The topological polar surface area (TPSA) is 46.0 Å². The molecule has 0 aliphatic heterocycles. The molecule has 0 spiro atoms. The van der Waals surface area contributed by atoms with Crippen LogP contribution in [0.2, 0.25) is 0 Å². The van der Waals surface area contributed by atoms with Crippen molar-refractivity contribution in [3.05, 3.63) is 22.2 Å². The van der Waals surface area contributed by atoms with Crippen molar-refractivity contribution in [2.45, 2.75) is 5.16 Å². The summed E-state index contributed by atoms with van der Waals surface area (Å²) in [6, 6.07) is 0.930. The van der Waals surface area contributed by atoms with Gasteiger partial charge in [-0.05, 0) is 28.3 Å². The number of hydrogen-bond donors (Lipinski definition) is 1. The second kappa shape index (κ2) is 4.14. The zero-order valence-electron chi connectivity index (χ0n) is 7.96. The monoisotopic (exact) mass is 306 g/mol. The van der Waals surface area contributed by atoms with Crippen LogP contribution in [0.5, 0.6) is 5.88 Å². The normalized spacial score (nSPS) is 11.0. The highest BCUT2D eigenvalue weighted by Gasteiger charge is 2.17. The molecule has 3 nitrogen and oxygen atoms in total. The largest absolute Gasteiger partial charge is 0.493 e. The highest BCUT2D eigenvalue weighted by molar-refractivity contribution is 9.10. The molecule has 1 N–H and O–H groups in total. The lowest BCUT2D eigenvalue weighted by Crippen LogP contribution is -1.95. The van der Waals surface area contributed by atoms with E-state index < -0.39 is 17.5 Å². The Hall–Kier alpha value is -0.950. The van der Waals surface area contributed by atoms with Crippen molar-refractivity contribution in [3.8, 4) is 5.88 Å². The third-order valence-corrected chi connectivity index (χ3v) is 3.09. The molecule has 2 rings (SSSR count). The molecule has 0 unspecified atom stereocenters. The van der Waals surface area contributed by atoms with Crippen LogP contribution in [0, 0.1) is 11.6 Å². The average Bonchev–Trinajstić information content (AvgIpc) is 2.24. The molecule has 0 fully saturated rings. The molecule has 1 heterocycles. The number of thioether (sulfide) groups is 1. The van der Waals surface area contributed by atoms with E-state index >= 15 is 0 Å². The first-order chi connectivity index (χ1) is 7.54. The molecule has 84 valence electrons. The zero-order chi connectivity index (χ0) is 11.9. The zero-order valence-corrected chi connectivity index (χ0v) is 10.4. The molecule has 0 saturated carbocycles. The predicted octanol–water partition coefficient (Wildman–Crippen LogP) is 3.10. The highest BCUT2D eigenvalue weighted by atomic mass is 79.9. The van der Waals surface area contributed by atoms with Gasteiger partial charge in [-0.1, -0.05) is 11.8 Å². The Morgan fingerprint density at radius 1 is 1.38 bits per heavy atom. The Bertz CT molecular complexity index is 579. The maximum atomic E-state index is 13.7. The average molecular weight is 307 g/mol. The summed E-state index contributed by atoms with van der Waals surface area (Å²) < 4.78 is 27.1. The number of hydrogen-bond acceptors (Lipinski definition) is 4. The van der Waals surface area contributed by atoms with E-state index in [1.54, 1.807) is 6.26 Å². The van der Waals surface area contributed by atoms with Crippen molar-refractivity contribution in [3.63, 3.8) is 0 Å². The minimum atomic E-state index is -0.770. The van der Waals surface area contributed by atoms with Crippen molar-refractivity contribution in [1.29, 1.82) is 0 Å². The minimum absolute atomic E-state index is 0.0392. The molecule has 0 amide bonds. The van der Waals surface area contributed by atoms with E-state index in [1.807, 2.05) is 0 Å². The van der Waals surface area contributed by atoms with E-state index in [9.17, 15) is 13.9 Å². The van der Waals surface area contributed by atoms with Crippen LogP contribution in [0.1, 0.15) is 0 Å². The van der Waals surface area contributed by atoms with Crippen molar-refractivity contribution in [2.24, 2.45) is 0 Å². The highest BCUT2D eigenvalue weighted by Crippen LogP contribution is 2.32. The molecule has 0 bridgehead atoms. The van der Waals surface area contributed by atoms with Gasteiger partial charge in [0.15, 0.2) is 11.0 Å². The van der Waals surface area contributed by atoms with E-state index in [-0.39, 0.29) is 20.5 Å². The summed E-state index contributed by atoms with van der Waals surface area (Å²) in [6.45, 7) is 0. The number of aromatic nitrogens is 2. The van der Waals surface area contributed by atoms with Crippen LogP contribution >= 0.6 is 27.7 Å². The number of nitrogens with zero attached hydrogens (tertiary/aromatic N) is 2. The lowest BCUT2D eigenvalue weighted by Gasteiger charge is -2.05. The Labute approximate surface area is 102 Å². The number of aromatic hydroxyl groups is 1. The van der Waals surface area contributed by atoms with Gasteiger partial charge < -0.3 is 5.11 Å². The van der Waals surface area contributed by atoms with Crippen LogP contribution in [0.3, 0.4) is 0 Å². The van der Waals surface area contributed by atoms with Gasteiger partial charge in [-0.15, -0.1) is 0 Å². The summed E-state index contributed by atoms with van der Waals surface area (Å²) in [5.41, 5.74) is -0.233. The molecule has 7 heteroatoms. The number of fused-ring (bicyclic) bond motifs is 1. The first-order valence-corrected chi connectivity index (χ1v) is 6.14. The van der Waals surface area contributed by atoms with Crippen molar-refractivity contribution >= 4 is 38.6 Å². The van der Waals surface area contributed by atoms with E-state index in [1.165, 1.54) is 0 Å². The standard InChI is InChI=1S/C9H5BrF2N2OS/c1-16-9-13-7-5(8(15)14-9)4(11)2-3(10)6(7)12/h2H,1H3,(H,13,14,15). The number of rotatable bonds is 1. The van der Waals surface area contributed by atoms with Crippen molar-refractivity contribution in [2.75, 3.05) is 6.26 Å². The Morgan fingerprint density at radius 3 is 2.69 bits per heavy atom. The molecule has 0 radical (unpaired) electrons. The van der Waals surface area contributed by atoms with Gasteiger partial charge in [0.25, 0.3) is 0 Å². The predicted molar refractivity (Wildman–Crippen MR) is 60.6 cm³/mol.